The molecule has 1 amide bonds. The Hall–Kier alpha value is -3.62. The maximum Gasteiger partial charge on any atom is 0.335 e. The summed E-state index contributed by atoms with van der Waals surface area (Å²) in [5, 5.41) is 19.5. The Morgan fingerprint density at radius 1 is 1.35 bits per heavy atom. The molecule has 134 valence electrons. The van der Waals surface area contributed by atoms with Gasteiger partial charge in [-0.05, 0) is 25.1 Å². The molecule has 0 saturated heterocycles. The van der Waals surface area contributed by atoms with Gasteiger partial charge in [0.15, 0.2) is 11.5 Å². The molecule has 0 bridgehead atoms. The van der Waals surface area contributed by atoms with Crippen LogP contribution in [0.2, 0.25) is 0 Å². The lowest BCUT2D eigenvalue weighted by molar-refractivity contribution is 0.0696. The van der Waals surface area contributed by atoms with E-state index in [0.717, 1.165) is 0 Å². The molecule has 0 aliphatic rings. The number of nitrogens with one attached hydrogen (secondary N) is 1. The fourth-order valence-electron chi connectivity index (χ4n) is 2.29. The van der Waals surface area contributed by atoms with Crippen LogP contribution >= 0.6 is 0 Å². The van der Waals surface area contributed by atoms with Crippen molar-refractivity contribution in [1.82, 2.24) is 14.9 Å². The van der Waals surface area contributed by atoms with E-state index in [1.807, 2.05) is 0 Å². The number of rotatable bonds is 6. The van der Waals surface area contributed by atoms with Crippen LogP contribution < -0.4 is 10.1 Å². The summed E-state index contributed by atoms with van der Waals surface area (Å²) in [7, 11) is 1.77. The van der Waals surface area contributed by atoms with Crippen molar-refractivity contribution in [1.29, 1.82) is 0 Å². The molecule has 3 aromatic rings. The lowest BCUT2D eigenvalue weighted by atomic mass is 10.2. The Morgan fingerprint density at radius 2 is 2.15 bits per heavy atom. The van der Waals surface area contributed by atoms with Crippen LogP contribution in [-0.2, 0) is 7.05 Å². The van der Waals surface area contributed by atoms with Crippen LogP contribution in [-0.4, -0.2) is 38.5 Å². The van der Waals surface area contributed by atoms with E-state index in [1.165, 1.54) is 24.3 Å². The molecule has 9 nitrogen and oxygen atoms in total. The van der Waals surface area contributed by atoms with E-state index in [1.54, 1.807) is 31.0 Å². The van der Waals surface area contributed by atoms with Gasteiger partial charge in [-0.15, -0.1) is 0 Å². The van der Waals surface area contributed by atoms with E-state index in [4.69, 9.17) is 14.4 Å². The van der Waals surface area contributed by atoms with E-state index >= 15 is 0 Å². The number of carbonyl (C=O) groups is 2. The number of aromatic nitrogens is 3. The fourth-order valence-corrected chi connectivity index (χ4v) is 2.29. The summed E-state index contributed by atoms with van der Waals surface area (Å²) in [4.78, 5) is 23.5. The van der Waals surface area contributed by atoms with Crippen molar-refractivity contribution >= 4 is 17.6 Å². The van der Waals surface area contributed by atoms with Gasteiger partial charge in [0.2, 0.25) is 0 Å². The highest BCUT2D eigenvalue weighted by atomic mass is 16.5. The van der Waals surface area contributed by atoms with Crippen LogP contribution in [0.5, 0.6) is 5.75 Å². The molecular weight excluding hydrogens is 340 g/mol. The molecule has 0 aliphatic heterocycles. The van der Waals surface area contributed by atoms with Gasteiger partial charge in [-0.2, -0.15) is 5.10 Å². The first-order valence-corrected chi connectivity index (χ1v) is 7.75. The van der Waals surface area contributed by atoms with Crippen LogP contribution in [0.4, 0.5) is 5.69 Å². The highest BCUT2D eigenvalue weighted by Gasteiger charge is 2.17. The van der Waals surface area contributed by atoms with Crippen molar-refractivity contribution in [2.75, 3.05) is 11.9 Å². The SMILES string of the molecule is CCOc1cc(C(=O)O)ccc1NC(=O)c1cc(-c2cnn(C)c2)on1. The quantitative estimate of drug-likeness (QED) is 0.696. The summed E-state index contributed by atoms with van der Waals surface area (Å²) < 4.78 is 12.2. The zero-order valence-electron chi connectivity index (χ0n) is 14.1. The summed E-state index contributed by atoms with van der Waals surface area (Å²) in [6, 6.07) is 5.70. The van der Waals surface area contributed by atoms with E-state index < -0.39 is 11.9 Å². The van der Waals surface area contributed by atoms with Crippen LogP contribution in [0.3, 0.4) is 0 Å². The van der Waals surface area contributed by atoms with Crippen LogP contribution in [0, 0.1) is 0 Å². The average Bonchev–Trinajstić information content (AvgIpc) is 3.25. The van der Waals surface area contributed by atoms with Gasteiger partial charge in [-0.25, -0.2) is 4.79 Å². The second-order valence-electron chi connectivity index (χ2n) is 5.38. The molecule has 1 aromatic carbocycles. The Labute approximate surface area is 148 Å². The van der Waals surface area contributed by atoms with Gasteiger partial charge in [-0.3, -0.25) is 9.48 Å². The Bertz CT molecular complexity index is 960. The van der Waals surface area contributed by atoms with Gasteiger partial charge in [0.05, 0.1) is 29.6 Å². The number of benzene rings is 1. The number of hydrogen-bond acceptors (Lipinski definition) is 6. The minimum atomic E-state index is -1.08. The van der Waals surface area contributed by atoms with Crippen molar-refractivity contribution in [3.63, 3.8) is 0 Å². The van der Waals surface area contributed by atoms with Crippen LogP contribution in [0.1, 0.15) is 27.8 Å². The second kappa shape index (κ2) is 7.09. The summed E-state index contributed by atoms with van der Waals surface area (Å²) in [6.45, 7) is 2.08. The summed E-state index contributed by atoms with van der Waals surface area (Å²) in [5.41, 5.74) is 1.17. The minimum Gasteiger partial charge on any atom is -0.492 e. The highest BCUT2D eigenvalue weighted by molar-refractivity contribution is 6.04. The maximum absolute atomic E-state index is 12.4. The molecule has 0 aliphatic carbocycles. The summed E-state index contributed by atoms with van der Waals surface area (Å²) >= 11 is 0. The van der Waals surface area contributed by atoms with Crippen LogP contribution in [0.25, 0.3) is 11.3 Å². The predicted octanol–water partition coefficient (Wildman–Crippen LogP) is 2.42. The van der Waals surface area contributed by atoms with Crippen molar-refractivity contribution in [3.05, 3.63) is 47.9 Å². The van der Waals surface area contributed by atoms with Gasteiger partial charge in [-0.1, -0.05) is 5.16 Å². The summed E-state index contributed by atoms with van der Waals surface area (Å²) in [6.07, 6.45) is 3.33. The maximum atomic E-state index is 12.4. The number of aryl methyl sites for hydroxylation is 1. The summed E-state index contributed by atoms with van der Waals surface area (Å²) in [5.74, 6) is -0.916. The van der Waals surface area contributed by atoms with Crippen LogP contribution in [0.15, 0.2) is 41.2 Å². The molecular formula is C17H16N4O5. The zero-order valence-corrected chi connectivity index (χ0v) is 14.1. The van der Waals surface area contributed by atoms with Crippen molar-refractivity contribution in [2.24, 2.45) is 7.05 Å². The van der Waals surface area contributed by atoms with E-state index in [2.05, 4.69) is 15.6 Å². The monoisotopic (exact) mass is 356 g/mol. The molecule has 9 heteroatoms. The zero-order chi connectivity index (χ0) is 18.7. The van der Waals surface area contributed by atoms with Crippen molar-refractivity contribution in [3.8, 4) is 17.1 Å². The molecule has 0 atom stereocenters. The molecule has 0 fully saturated rings. The van der Waals surface area contributed by atoms with Gasteiger partial charge in [0.25, 0.3) is 5.91 Å². The molecule has 3 rings (SSSR count). The molecule has 0 spiro atoms. The Morgan fingerprint density at radius 3 is 2.81 bits per heavy atom. The third-order valence-electron chi connectivity index (χ3n) is 3.51. The highest BCUT2D eigenvalue weighted by Crippen LogP contribution is 2.27. The second-order valence-corrected chi connectivity index (χ2v) is 5.38. The topological polar surface area (TPSA) is 119 Å². The molecule has 0 saturated carbocycles. The van der Waals surface area contributed by atoms with Crippen molar-refractivity contribution < 1.29 is 24.0 Å². The lowest BCUT2D eigenvalue weighted by Crippen LogP contribution is -2.13. The van der Waals surface area contributed by atoms with Gasteiger partial charge < -0.3 is 19.7 Å². The number of carbonyl (C=O) groups excluding carboxylic acids is 1. The Balaban J connectivity index is 1.81. The van der Waals surface area contributed by atoms with Gasteiger partial charge in [0, 0.05) is 19.3 Å². The van der Waals surface area contributed by atoms with E-state index in [9.17, 15) is 9.59 Å². The molecule has 26 heavy (non-hydrogen) atoms. The normalized spacial score (nSPS) is 10.5. The minimum absolute atomic E-state index is 0.0618. The molecule has 0 unspecified atom stereocenters. The van der Waals surface area contributed by atoms with E-state index in [0.29, 0.717) is 23.6 Å². The largest absolute Gasteiger partial charge is 0.492 e. The standard InChI is InChI=1S/C17H16N4O5/c1-3-25-15-6-10(17(23)24)4-5-12(15)19-16(22)13-7-14(26-20-13)11-8-18-21(2)9-11/h4-9H,3H2,1-2H3,(H,19,22)(H,23,24). The van der Waals surface area contributed by atoms with Crippen molar-refractivity contribution in [2.45, 2.75) is 6.92 Å². The third-order valence-corrected chi connectivity index (χ3v) is 3.51. The third kappa shape index (κ3) is 3.56. The lowest BCUT2D eigenvalue weighted by Gasteiger charge is -2.11. The predicted molar refractivity (Wildman–Crippen MR) is 91.2 cm³/mol. The first kappa shape index (κ1) is 17.2. The number of aromatic carboxylic acids is 1. The van der Waals surface area contributed by atoms with Gasteiger partial charge >= 0.3 is 5.97 Å². The number of ether oxygens (including phenoxy) is 1. The number of amides is 1. The Kier molecular flexibility index (Phi) is 4.70. The molecule has 2 N–H and O–H groups in total. The smallest absolute Gasteiger partial charge is 0.335 e. The number of anilines is 1. The number of hydrogen-bond donors (Lipinski definition) is 2. The van der Waals surface area contributed by atoms with Gasteiger partial charge in [0.1, 0.15) is 5.75 Å². The van der Waals surface area contributed by atoms with E-state index in [-0.39, 0.29) is 17.0 Å². The number of nitrogens with zero attached hydrogens (tertiary/aromatic N) is 3. The number of carboxylic acid groups (broad SMARTS) is 1. The first-order valence-electron chi connectivity index (χ1n) is 7.75. The first-order chi connectivity index (χ1) is 12.5. The average molecular weight is 356 g/mol. The molecule has 2 aromatic heterocycles. The molecule has 2 heterocycles. The molecule has 0 radical (unpaired) electrons. The number of carboxylic acids is 1. The fraction of sp³-hybridized carbons (Fsp3) is 0.176.